The van der Waals surface area contributed by atoms with Crippen LogP contribution < -0.4 is 14.8 Å². The van der Waals surface area contributed by atoms with Crippen molar-refractivity contribution in [2.24, 2.45) is 4.99 Å². The van der Waals surface area contributed by atoms with Crippen LogP contribution in [-0.4, -0.2) is 28.0 Å². The van der Waals surface area contributed by atoms with Crippen molar-refractivity contribution in [3.8, 4) is 17.2 Å². The first kappa shape index (κ1) is 26.4. The SMILES string of the molecule is COc1cc(/C=C2\SC(=Nc3ccc(Cl)cc3)NC2=O)cc(I)c1Oc1ccc([N+](=O)[O-])cc1[N+](=O)[O-]. The monoisotopic (exact) mass is 652 g/mol. The van der Waals surface area contributed by atoms with E-state index >= 15 is 0 Å². The maximum Gasteiger partial charge on any atom is 0.318 e. The van der Waals surface area contributed by atoms with Crippen LogP contribution >= 0.6 is 46.0 Å². The number of carbonyl (C=O) groups excluding carboxylic acids is 1. The molecule has 1 aliphatic heterocycles. The lowest BCUT2D eigenvalue weighted by Gasteiger charge is -2.13. The summed E-state index contributed by atoms with van der Waals surface area (Å²) in [6, 6.07) is 13.2. The Hall–Kier alpha value is -3.69. The van der Waals surface area contributed by atoms with Crippen molar-refractivity contribution in [1.82, 2.24) is 5.32 Å². The Balaban J connectivity index is 1.62. The number of ether oxygens (including phenoxy) is 2. The van der Waals surface area contributed by atoms with Crippen LogP contribution in [0.25, 0.3) is 6.08 Å². The highest BCUT2D eigenvalue weighted by Gasteiger charge is 2.26. The summed E-state index contributed by atoms with van der Waals surface area (Å²) in [6.45, 7) is 0. The number of amidine groups is 1. The number of hydrogen-bond donors (Lipinski definition) is 1. The van der Waals surface area contributed by atoms with E-state index in [2.05, 4.69) is 10.3 Å². The lowest BCUT2D eigenvalue weighted by atomic mass is 10.2. The van der Waals surface area contributed by atoms with E-state index in [1.54, 1.807) is 42.5 Å². The lowest BCUT2D eigenvalue weighted by molar-refractivity contribution is -0.394. The van der Waals surface area contributed by atoms with E-state index in [-0.39, 0.29) is 23.2 Å². The standard InChI is InChI=1S/C23H14ClIN4O7S/c1-35-19-9-12(10-20-22(30)27-23(37-20)26-14-4-2-13(24)3-5-14)8-16(25)21(19)36-18-7-6-15(28(31)32)11-17(18)29(33)34/h2-11H,1H3,(H,26,27,30)/b20-10-. The fourth-order valence-electron chi connectivity index (χ4n) is 3.15. The molecule has 14 heteroatoms. The summed E-state index contributed by atoms with van der Waals surface area (Å²) >= 11 is 9.02. The topological polar surface area (TPSA) is 146 Å². The fraction of sp³-hybridized carbons (Fsp3) is 0.0435. The van der Waals surface area contributed by atoms with E-state index in [4.69, 9.17) is 21.1 Å². The van der Waals surface area contributed by atoms with Crippen molar-refractivity contribution < 1.29 is 24.1 Å². The zero-order valence-corrected chi connectivity index (χ0v) is 22.4. The number of amides is 1. The van der Waals surface area contributed by atoms with Gasteiger partial charge in [0.1, 0.15) is 0 Å². The molecule has 11 nitrogen and oxygen atoms in total. The highest BCUT2D eigenvalue weighted by Crippen LogP contribution is 2.42. The number of hydrogen-bond acceptors (Lipinski definition) is 9. The second kappa shape index (κ2) is 11.1. The first-order chi connectivity index (χ1) is 17.6. The summed E-state index contributed by atoms with van der Waals surface area (Å²) in [5.41, 5.74) is 0.238. The second-order valence-electron chi connectivity index (χ2n) is 7.26. The number of nitro benzene ring substituents is 2. The number of carbonyl (C=O) groups is 1. The predicted octanol–water partition coefficient (Wildman–Crippen LogP) is 6.45. The number of halogens is 2. The summed E-state index contributed by atoms with van der Waals surface area (Å²) in [7, 11) is 1.40. The van der Waals surface area contributed by atoms with Gasteiger partial charge < -0.3 is 14.8 Å². The number of thioether (sulfide) groups is 1. The molecule has 0 aromatic heterocycles. The molecular formula is C23H14ClIN4O7S. The van der Waals surface area contributed by atoms with Gasteiger partial charge in [0, 0.05) is 11.1 Å². The average molecular weight is 653 g/mol. The zero-order valence-electron chi connectivity index (χ0n) is 18.6. The predicted molar refractivity (Wildman–Crippen MR) is 148 cm³/mol. The highest BCUT2D eigenvalue weighted by molar-refractivity contribution is 14.1. The number of nitro groups is 2. The Morgan fingerprint density at radius 3 is 2.43 bits per heavy atom. The number of rotatable bonds is 7. The third-order valence-electron chi connectivity index (χ3n) is 4.82. The Morgan fingerprint density at radius 2 is 1.78 bits per heavy atom. The van der Waals surface area contributed by atoms with Crippen LogP contribution in [0.3, 0.4) is 0 Å². The van der Waals surface area contributed by atoms with Crippen molar-refractivity contribution in [2.75, 3.05) is 7.11 Å². The molecule has 0 saturated carbocycles. The van der Waals surface area contributed by atoms with Crippen LogP contribution in [0, 0.1) is 23.8 Å². The van der Waals surface area contributed by atoms with Crippen molar-refractivity contribution in [1.29, 1.82) is 0 Å². The van der Waals surface area contributed by atoms with Crippen LogP contribution in [-0.2, 0) is 4.79 Å². The van der Waals surface area contributed by atoms with Gasteiger partial charge in [-0.3, -0.25) is 25.0 Å². The van der Waals surface area contributed by atoms with E-state index < -0.39 is 21.2 Å². The number of methoxy groups -OCH3 is 1. The van der Waals surface area contributed by atoms with Crippen LogP contribution in [0.1, 0.15) is 5.56 Å². The Morgan fingerprint density at radius 1 is 1.05 bits per heavy atom. The minimum atomic E-state index is -0.764. The Bertz CT molecular complexity index is 1500. The van der Waals surface area contributed by atoms with Crippen molar-refractivity contribution in [2.45, 2.75) is 0 Å². The molecule has 1 fully saturated rings. The molecule has 1 saturated heterocycles. The first-order valence-corrected chi connectivity index (χ1v) is 12.5. The van der Waals surface area contributed by atoms with Crippen LogP contribution in [0.5, 0.6) is 17.2 Å². The van der Waals surface area contributed by atoms with Crippen LogP contribution in [0.4, 0.5) is 17.1 Å². The molecule has 1 aliphatic rings. The summed E-state index contributed by atoms with van der Waals surface area (Å²) in [5.74, 6) is -0.0965. The Kier molecular flexibility index (Phi) is 7.94. The minimum absolute atomic E-state index is 0.177. The van der Waals surface area contributed by atoms with Gasteiger partial charge in [0.2, 0.25) is 5.75 Å². The maximum atomic E-state index is 12.5. The first-order valence-electron chi connectivity index (χ1n) is 10.2. The number of nitrogens with zero attached hydrogens (tertiary/aromatic N) is 3. The minimum Gasteiger partial charge on any atom is -0.493 e. The van der Waals surface area contributed by atoms with Crippen LogP contribution in [0.15, 0.2) is 64.5 Å². The molecule has 1 amide bonds. The van der Waals surface area contributed by atoms with E-state index in [0.29, 0.717) is 29.9 Å². The highest BCUT2D eigenvalue weighted by atomic mass is 127. The Labute approximate surface area is 232 Å². The van der Waals surface area contributed by atoms with Gasteiger partial charge in [-0.15, -0.1) is 0 Å². The van der Waals surface area contributed by atoms with Gasteiger partial charge in [-0.2, -0.15) is 0 Å². The van der Waals surface area contributed by atoms with Gasteiger partial charge in [0.25, 0.3) is 11.6 Å². The molecule has 37 heavy (non-hydrogen) atoms. The summed E-state index contributed by atoms with van der Waals surface area (Å²) < 4.78 is 11.7. The van der Waals surface area contributed by atoms with E-state index in [1.165, 1.54) is 7.11 Å². The molecule has 0 spiro atoms. The fourth-order valence-corrected chi connectivity index (χ4v) is 4.85. The normalized spacial score (nSPS) is 15.1. The van der Waals surface area contributed by atoms with Gasteiger partial charge in [0.05, 0.1) is 37.2 Å². The molecule has 1 heterocycles. The van der Waals surface area contributed by atoms with Gasteiger partial charge in [-0.25, -0.2) is 4.99 Å². The number of non-ortho nitro benzene ring substituents is 1. The van der Waals surface area contributed by atoms with Gasteiger partial charge >= 0.3 is 5.69 Å². The number of nitrogens with one attached hydrogen (secondary N) is 1. The zero-order chi connectivity index (χ0) is 26.7. The van der Waals surface area contributed by atoms with Crippen molar-refractivity contribution >= 4 is 80.2 Å². The van der Waals surface area contributed by atoms with Gasteiger partial charge in [-0.05, 0) is 88.5 Å². The van der Waals surface area contributed by atoms with Gasteiger partial charge in [0.15, 0.2) is 16.7 Å². The van der Waals surface area contributed by atoms with Gasteiger partial charge in [-0.1, -0.05) is 11.6 Å². The largest absolute Gasteiger partial charge is 0.493 e. The van der Waals surface area contributed by atoms with E-state index in [9.17, 15) is 25.0 Å². The second-order valence-corrected chi connectivity index (χ2v) is 9.89. The lowest BCUT2D eigenvalue weighted by Crippen LogP contribution is -2.19. The molecule has 0 aliphatic carbocycles. The van der Waals surface area contributed by atoms with Crippen molar-refractivity contribution in [3.63, 3.8) is 0 Å². The third-order valence-corrected chi connectivity index (χ3v) is 6.78. The molecule has 188 valence electrons. The van der Waals surface area contributed by atoms with E-state index in [0.717, 1.165) is 30.0 Å². The third kappa shape index (κ3) is 6.18. The molecule has 0 bridgehead atoms. The summed E-state index contributed by atoms with van der Waals surface area (Å²) in [4.78, 5) is 38.3. The number of benzene rings is 3. The molecule has 3 aromatic carbocycles. The average Bonchev–Trinajstić information content (AvgIpc) is 3.20. The summed E-state index contributed by atoms with van der Waals surface area (Å²) in [5, 5.41) is 26.2. The molecule has 0 unspecified atom stereocenters. The summed E-state index contributed by atoms with van der Waals surface area (Å²) in [6.07, 6.45) is 1.65. The quantitative estimate of drug-likeness (QED) is 0.133. The number of aliphatic imine (C=N–C) groups is 1. The molecule has 3 aromatic rings. The molecular weight excluding hydrogens is 639 g/mol. The van der Waals surface area contributed by atoms with E-state index in [1.807, 2.05) is 22.6 Å². The van der Waals surface area contributed by atoms with Crippen LogP contribution in [0.2, 0.25) is 5.02 Å². The smallest absolute Gasteiger partial charge is 0.318 e. The molecule has 0 radical (unpaired) electrons. The molecule has 4 rings (SSSR count). The molecule has 0 atom stereocenters. The van der Waals surface area contributed by atoms with Crippen molar-refractivity contribution in [3.05, 3.63) is 93.9 Å². The maximum absolute atomic E-state index is 12.5. The molecule has 1 N–H and O–H groups in total.